The molecule has 0 radical (unpaired) electrons. The lowest BCUT2D eigenvalue weighted by molar-refractivity contribution is 0.408. The summed E-state index contributed by atoms with van der Waals surface area (Å²) in [5, 5.41) is 25.0. The SMILES string of the molecule is N#COc1cccc(OC#N)c1OC#N. The Morgan fingerprint density at radius 1 is 0.800 bits per heavy atom. The zero-order valence-electron chi connectivity index (χ0n) is 7.30. The van der Waals surface area contributed by atoms with Crippen LogP contribution in [0.25, 0.3) is 0 Å². The Morgan fingerprint density at radius 3 is 1.67 bits per heavy atom. The van der Waals surface area contributed by atoms with E-state index in [4.69, 9.17) is 15.8 Å². The normalized spacial score (nSPS) is 7.80. The van der Waals surface area contributed by atoms with Gasteiger partial charge in [-0.1, -0.05) is 6.07 Å². The molecule has 0 spiro atoms. The number of hydrogen-bond donors (Lipinski definition) is 0. The zero-order chi connectivity index (χ0) is 11.1. The lowest BCUT2D eigenvalue weighted by atomic mass is 10.3. The summed E-state index contributed by atoms with van der Waals surface area (Å²) in [7, 11) is 0. The molecule has 6 heteroatoms. The van der Waals surface area contributed by atoms with Gasteiger partial charge in [0.15, 0.2) is 11.5 Å². The van der Waals surface area contributed by atoms with Crippen molar-refractivity contribution in [3.05, 3.63) is 18.2 Å². The summed E-state index contributed by atoms with van der Waals surface area (Å²) in [5.74, 6) is -0.0956. The van der Waals surface area contributed by atoms with E-state index in [-0.39, 0.29) is 17.2 Å². The van der Waals surface area contributed by atoms with Crippen LogP contribution in [0.15, 0.2) is 18.2 Å². The van der Waals surface area contributed by atoms with Crippen molar-refractivity contribution in [1.82, 2.24) is 0 Å². The van der Waals surface area contributed by atoms with Crippen molar-refractivity contribution < 1.29 is 14.2 Å². The molecule has 0 amide bonds. The molecule has 0 atom stereocenters. The van der Waals surface area contributed by atoms with Gasteiger partial charge in [-0.05, 0) is 12.1 Å². The van der Waals surface area contributed by atoms with Crippen LogP contribution < -0.4 is 14.2 Å². The number of rotatable bonds is 3. The fourth-order valence-corrected chi connectivity index (χ4v) is 0.901. The molecular formula is C9H3N3O3. The van der Waals surface area contributed by atoms with Crippen molar-refractivity contribution in [3.8, 4) is 36.0 Å². The largest absolute Gasteiger partial charge is 0.384 e. The Bertz CT molecular complexity index is 445. The van der Waals surface area contributed by atoms with Gasteiger partial charge >= 0.3 is 0 Å². The van der Waals surface area contributed by atoms with Crippen molar-refractivity contribution in [3.63, 3.8) is 0 Å². The molecule has 6 nitrogen and oxygen atoms in total. The van der Waals surface area contributed by atoms with Crippen molar-refractivity contribution >= 4 is 0 Å². The van der Waals surface area contributed by atoms with E-state index in [0.29, 0.717) is 0 Å². The Balaban J connectivity index is 3.18. The van der Waals surface area contributed by atoms with Crippen LogP contribution in [0.1, 0.15) is 0 Å². The van der Waals surface area contributed by atoms with Crippen molar-refractivity contribution in [2.75, 3.05) is 0 Å². The summed E-state index contributed by atoms with van der Waals surface area (Å²) in [5.41, 5.74) is 0. The predicted octanol–water partition coefficient (Wildman–Crippen LogP) is 1.27. The van der Waals surface area contributed by atoms with Crippen LogP contribution in [-0.2, 0) is 0 Å². The van der Waals surface area contributed by atoms with Gasteiger partial charge in [0.2, 0.25) is 5.75 Å². The van der Waals surface area contributed by atoms with Gasteiger partial charge in [-0.3, -0.25) is 0 Å². The molecule has 0 heterocycles. The van der Waals surface area contributed by atoms with E-state index in [1.165, 1.54) is 37.0 Å². The first kappa shape index (κ1) is 10.2. The van der Waals surface area contributed by atoms with E-state index >= 15 is 0 Å². The Kier molecular flexibility index (Phi) is 3.36. The highest BCUT2D eigenvalue weighted by molar-refractivity contribution is 5.52. The zero-order valence-corrected chi connectivity index (χ0v) is 7.30. The molecule has 0 N–H and O–H groups in total. The number of nitrogens with zero attached hydrogens (tertiary/aromatic N) is 3. The average molecular weight is 201 g/mol. The third kappa shape index (κ3) is 2.27. The molecule has 0 aromatic heterocycles. The minimum atomic E-state index is -0.108. The molecule has 0 aliphatic rings. The monoisotopic (exact) mass is 201 g/mol. The molecule has 0 saturated carbocycles. The van der Waals surface area contributed by atoms with Gasteiger partial charge < -0.3 is 14.2 Å². The standard InChI is InChI=1S/C9H3N3O3/c10-4-13-7-2-1-3-8(14-5-11)9(7)15-6-12/h1-3H. The number of para-hydroxylation sites is 1. The van der Waals surface area contributed by atoms with E-state index < -0.39 is 0 Å². The van der Waals surface area contributed by atoms with E-state index in [0.717, 1.165) is 0 Å². The number of hydrogen-bond acceptors (Lipinski definition) is 6. The minimum absolute atomic E-state index is 0.00630. The third-order valence-corrected chi connectivity index (χ3v) is 1.40. The summed E-state index contributed by atoms with van der Waals surface area (Å²) in [6.07, 6.45) is 4.25. The first-order valence-corrected chi connectivity index (χ1v) is 3.64. The third-order valence-electron chi connectivity index (χ3n) is 1.40. The lowest BCUT2D eigenvalue weighted by Gasteiger charge is -2.05. The molecule has 1 aromatic rings. The summed E-state index contributed by atoms with van der Waals surface area (Å²) in [4.78, 5) is 0. The molecule has 0 aliphatic carbocycles. The second kappa shape index (κ2) is 4.96. The number of ether oxygens (including phenoxy) is 3. The first-order chi connectivity index (χ1) is 7.33. The van der Waals surface area contributed by atoms with Crippen LogP contribution in [0.5, 0.6) is 17.2 Å². The summed E-state index contributed by atoms with van der Waals surface area (Å²) >= 11 is 0. The molecule has 0 saturated heterocycles. The maximum absolute atomic E-state index is 8.36. The number of benzene rings is 1. The van der Waals surface area contributed by atoms with Gasteiger partial charge in [-0.25, -0.2) is 0 Å². The maximum Gasteiger partial charge on any atom is 0.292 e. The van der Waals surface area contributed by atoms with Crippen molar-refractivity contribution in [1.29, 1.82) is 15.8 Å². The maximum atomic E-state index is 8.36. The van der Waals surface area contributed by atoms with E-state index in [1.54, 1.807) is 0 Å². The van der Waals surface area contributed by atoms with Gasteiger partial charge in [0.05, 0.1) is 0 Å². The lowest BCUT2D eigenvalue weighted by Crippen LogP contribution is -1.93. The Hall–Kier alpha value is -2.91. The van der Waals surface area contributed by atoms with Crippen molar-refractivity contribution in [2.24, 2.45) is 0 Å². The average Bonchev–Trinajstić information content (AvgIpc) is 2.23. The van der Waals surface area contributed by atoms with Crippen LogP contribution in [0.3, 0.4) is 0 Å². The van der Waals surface area contributed by atoms with Gasteiger partial charge in [-0.15, -0.1) is 15.8 Å². The molecule has 0 aliphatic heterocycles. The fraction of sp³-hybridized carbons (Fsp3) is 0. The van der Waals surface area contributed by atoms with E-state index in [2.05, 4.69) is 14.2 Å². The van der Waals surface area contributed by atoms with Gasteiger partial charge in [0.25, 0.3) is 18.8 Å². The summed E-state index contributed by atoms with van der Waals surface area (Å²) in [6.45, 7) is 0. The Morgan fingerprint density at radius 2 is 1.27 bits per heavy atom. The Labute approximate surface area is 85.0 Å². The smallest absolute Gasteiger partial charge is 0.292 e. The van der Waals surface area contributed by atoms with Crippen molar-refractivity contribution in [2.45, 2.75) is 0 Å². The molecule has 1 aromatic carbocycles. The highest BCUT2D eigenvalue weighted by atomic mass is 16.5. The molecule has 0 bridgehead atoms. The first-order valence-electron chi connectivity index (χ1n) is 3.64. The van der Waals surface area contributed by atoms with Gasteiger partial charge in [0, 0.05) is 0 Å². The molecule has 0 fully saturated rings. The molecule has 0 unspecified atom stereocenters. The summed E-state index contributed by atoms with van der Waals surface area (Å²) < 4.78 is 13.6. The second-order valence-corrected chi connectivity index (χ2v) is 2.16. The predicted molar refractivity (Wildman–Crippen MR) is 45.2 cm³/mol. The molecule has 72 valence electrons. The summed E-state index contributed by atoms with van der Waals surface area (Å²) in [6, 6.07) is 4.30. The van der Waals surface area contributed by atoms with E-state index in [1.807, 2.05) is 0 Å². The quantitative estimate of drug-likeness (QED) is 0.682. The van der Waals surface area contributed by atoms with E-state index in [9.17, 15) is 0 Å². The highest BCUT2D eigenvalue weighted by Crippen LogP contribution is 2.36. The highest BCUT2D eigenvalue weighted by Gasteiger charge is 2.13. The van der Waals surface area contributed by atoms with Gasteiger partial charge in [0.1, 0.15) is 0 Å². The van der Waals surface area contributed by atoms with Crippen LogP contribution in [0.2, 0.25) is 0 Å². The minimum Gasteiger partial charge on any atom is -0.384 e. The van der Waals surface area contributed by atoms with Crippen LogP contribution in [0, 0.1) is 34.6 Å². The van der Waals surface area contributed by atoms with Crippen LogP contribution in [0.4, 0.5) is 0 Å². The fourth-order valence-electron chi connectivity index (χ4n) is 0.901. The number of nitriles is 3. The molecule has 15 heavy (non-hydrogen) atoms. The van der Waals surface area contributed by atoms with Crippen LogP contribution in [-0.4, -0.2) is 0 Å². The second-order valence-electron chi connectivity index (χ2n) is 2.16. The molecular weight excluding hydrogens is 198 g/mol. The molecule has 1 rings (SSSR count). The topological polar surface area (TPSA) is 99.1 Å². The van der Waals surface area contributed by atoms with Crippen LogP contribution >= 0.6 is 0 Å². The van der Waals surface area contributed by atoms with Gasteiger partial charge in [-0.2, -0.15) is 0 Å².